The van der Waals surface area contributed by atoms with E-state index in [0.717, 1.165) is 5.69 Å². The normalized spacial score (nSPS) is 10.7. The van der Waals surface area contributed by atoms with Crippen LogP contribution < -0.4 is 5.56 Å². The van der Waals surface area contributed by atoms with E-state index in [4.69, 9.17) is 0 Å². The zero-order valence-electron chi connectivity index (χ0n) is 9.55. The van der Waals surface area contributed by atoms with E-state index in [1.54, 1.807) is 16.7 Å². The Balaban J connectivity index is 2.65. The maximum atomic E-state index is 11.8. The average molecular weight is 213 g/mol. The van der Waals surface area contributed by atoms with E-state index in [2.05, 4.69) is 19.9 Å². The van der Waals surface area contributed by atoms with Crippen molar-refractivity contribution in [3.63, 3.8) is 0 Å². The number of benzene rings is 1. The lowest BCUT2D eigenvalue weighted by Gasteiger charge is -2.13. The summed E-state index contributed by atoms with van der Waals surface area (Å²) in [6.45, 7) is 4.26. The van der Waals surface area contributed by atoms with Gasteiger partial charge >= 0.3 is 0 Å². The van der Waals surface area contributed by atoms with Gasteiger partial charge in [-0.1, -0.05) is 38.1 Å². The fourth-order valence-electron chi connectivity index (χ4n) is 1.82. The van der Waals surface area contributed by atoms with E-state index in [1.165, 1.54) is 5.56 Å². The molecule has 0 fully saturated rings. The Hall–Kier alpha value is -1.83. The van der Waals surface area contributed by atoms with Crippen LogP contribution in [0, 0.1) is 0 Å². The standard InChI is InChI=1S/C14H15NO/c1-11(2)12-7-3-4-8-13(12)15-10-6-5-9-14(15)16/h3-11H,1-2H3. The van der Waals surface area contributed by atoms with Crippen LogP contribution in [0.4, 0.5) is 0 Å². The summed E-state index contributed by atoms with van der Waals surface area (Å²) in [6, 6.07) is 13.2. The van der Waals surface area contributed by atoms with Crippen molar-refractivity contribution >= 4 is 0 Å². The van der Waals surface area contributed by atoms with Gasteiger partial charge in [-0.25, -0.2) is 0 Å². The minimum atomic E-state index is 0.00981. The average Bonchev–Trinajstić information content (AvgIpc) is 2.29. The van der Waals surface area contributed by atoms with Gasteiger partial charge in [0.05, 0.1) is 5.69 Å². The van der Waals surface area contributed by atoms with Crippen LogP contribution in [0.3, 0.4) is 0 Å². The van der Waals surface area contributed by atoms with Crippen LogP contribution in [0.2, 0.25) is 0 Å². The number of hydrogen-bond acceptors (Lipinski definition) is 1. The van der Waals surface area contributed by atoms with Crippen molar-refractivity contribution in [1.29, 1.82) is 0 Å². The summed E-state index contributed by atoms with van der Waals surface area (Å²) in [4.78, 5) is 11.8. The van der Waals surface area contributed by atoms with Crippen molar-refractivity contribution in [2.45, 2.75) is 19.8 Å². The van der Waals surface area contributed by atoms with Crippen LogP contribution in [-0.2, 0) is 0 Å². The van der Waals surface area contributed by atoms with Gasteiger partial charge in [0, 0.05) is 12.3 Å². The number of aromatic nitrogens is 1. The molecule has 0 spiro atoms. The second kappa shape index (κ2) is 4.35. The first-order chi connectivity index (χ1) is 7.70. The molecule has 0 saturated heterocycles. The monoisotopic (exact) mass is 213 g/mol. The first-order valence-corrected chi connectivity index (χ1v) is 5.47. The Morgan fingerprint density at radius 3 is 2.38 bits per heavy atom. The van der Waals surface area contributed by atoms with Crippen LogP contribution in [0.5, 0.6) is 0 Å². The molecule has 2 aromatic rings. The third-order valence-corrected chi connectivity index (χ3v) is 2.64. The van der Waals surface area contributed by atoms with Gasteiger partial charge in [-0.3, -0.25) is 9.36 Å². The first kappa shape index (κ1) is 10.7. The molecule has 0 N–H and O–H groups in total. The van der Waals surface area contributed by atoms with Crippen LogP contribution in [0.1, 0.15) is 25.3 Å². The van der Waals surface area contributed by atoms with Gasteiger partial charge in [-0.05, 0) is 23.6 Å². The fraction of sp³-hybridized carbons (Fsp3) is 0.214. The molecule has 0 radical (unpaired) electrons. The van der Waals surface area contributed by atoms with Gasteiger partial charge in [0.1, 0.15) is 0 Å². The van der Waals surface area contributed by atoms with Crippen molar-refractivity contribution in [3.8, 4) is 5.69 Å². The first-order valence-electron chi connectivity index (χ1n) is 5.47. The van der Waals surface area contributed by atoms with Crippen LogP contribution in [-0.4, -0.2) is 4.57 Å². The summed E-state index contributed by atoms with van der Waals surface area (Å²) in [7, 11) is 0. The highest BCUT2D eigenvalue weighted by atomic mass is 16.1. The largest absolute Gasteiger partial charge is 0.284 e. The second-order valence-corrected chi connectivity index (χ2v) is 4.12. The lowest BCUT2D eigenvalue weighted by molar-refractivity contribution is 0.838. The predicted molar refractivity (Wildman–Crippen MR) is 66.1 cm³/mol. The van der Waals surface area contributed by atoms with Gasteiger partial charge in [0.2, 0.25) is 0 Å². The molecule has 0 bridgehead atoms. The van der Waals surface area contributed by atoms with Crippen LogP contribution in [0.25, 0.3) is 5.69 Å². The number of hydrogen-bond donors (Lipinski definition) is 0. The highest BCUT2D eigenvalue weighted by Crippen LogP contribution is 2.21. The Kier molecular flexibility index (Phi) is 2.91. The third-order valence-electron chi connectivity index (χ3n) is 2.64. The van der Waals surface area contributed by atoms with Gasteiger partial charge in [-0.2, -0.15) is 0 Å². The smallest absolute Gasteiger partial charge is 0.255 e. The van der Waals surface area contributed by atoms with Crippen molar-refractivity contribution in [3.05, 3.63) is 64.6 Å². The van der Waals surface area contributed by atoms with Gasteiger partial charge in [0.15, 0.2) is 0 Å². The summed E-state index contributed by atoms with van der Waals surface area (Å²) >= 11 is 0. The molecule has 1 heterocycles. The molecule has 2 nitrogen and oxygen atoms in total. The molecule has 0 atom stereocenters. The van der Waals surface area contributed by atoms with Gasteiger partial charge in [0.25, 0.3) is 5.56 Å². The molecule has 0 aliphatic rings. The fourth-order valence-corrected chi connectivity index (χ4v) is 1.82. The molecular weight excluding hydrogens is 198 g/mol. The number of nitrogens with zero attached hydrogens (tertiary/aromatic N) is 1. The second-order valence-electron chi connectivity index (χ2n) is 4.12. The summed E-state index contributed by atoms with van der Waals surface area (Å²) in [5.41, 5.74) is 2.18. The van der Waals surface area contributed by atoms with Crippen LogP contribution >= 0.6 is 0 Å². The number of pyridine rings is 1. The minimum absolute atomic E-state index is 0.00981. The molecule has 0 aliphatic heterocycles. The molecule has 0 amide bonds. The molecule has 0 aliphatic carbocycles. The maximum absolute atomic E-state index is 11.8. The molecule has 1 aromatic carbocycles. The van der Waals surface area contributed by atoms with E-state index in [0.29, 0.717) is 5.92 Å². The number of rotatable bonds is 2. The van der Waals surface area contributed by atoms with Gasteiger partial charge < -0.3 is 0 Å². The Bertz CT molecular complexity index is 540. The van der Waals surface area contributed by atoms with Gasteiger partial charge in [-0.15, -0.1) is 0 Å². The minimum Gasteiger partial charge on any atom is -0.284 e. The Morgan fingerprint density at radius 2 is 1.69 bits per heavy atom. The predicted octanol–water partition coefficient (Wildman–Crippen LogP) is 2.96. The quantitative estimate of drug-likeness (QED) is 0.751. The van der Waals surface area contributed by atoms with Crippen molar-refractivity contribution in [2.24, 2.45) is 0 Å². The van der Waals surface area contributed by atoms with E-state index >= 15 is 0 Å². The summed E-state index contributed by atoms with van der Waals surface area (Å²) in [5.74, 6) is 0.406. The zero-order chi connectivity index (χ0) is 11.5. The lowest BCUT2D eigenvalue weighted by atomic mass is 10.0. The third kappa shape index (κ3) is 1.91. The van der Waals surface area contributed by atoms with Crippen molar-refractivity contribution < 1.29 is 0 Å². The topological polar surface area (TPSA) is 22.0 Å². The molecule has 1 aromatic heterocycles. The molecule has 16 heavy (non-hydrogen) atoms. The Morgan fingerprint density at radius 1 is 1.00 bits per heavy atom. The highest BCUT2D eigenvalue weighted by Gasteiger charge is 2.07. The van der Waals surface area contributed by atoms with E-state index in [-0.39, 0.29) is 5.56 Å². The lowest BCUT2D eigenvalue weighted by Crippen LogP contribution is -2.17. The highest BCUT2D eigenvalue weighted by molar-refractivity contribution is 5.42. The van der Waals surface area contributed by atoms with E-state index < -0.39 is 0 Å². The molecule has 0 saturated carbocycles. The zero-order valence-corrected chi connectivity index (χ0v) is 9.55. The summed E-state index contributed by atoms with van der Waals surface area (Å²) in [5, 5.41) is 0. The van der Waals surface area contributed by atoms with Crippen molar-refractivity contribution in [1.82, 2.24) is 4.57 Å². The molecule has 2 heteroatoms. The molecule has 0 unspecified atom stereocenters. The number of para-hydroxylation sites is 1. The summed E-state index contributed by atoms with van der Waals surface area (Å²) < 4.78 is 1.69. The van der Waals surface area contributed by atoms with Crippen molar-refractivity contribution in [2.75, 3.05) is 0 Å². The summed E-state index contributed by atoms with van der Waals surface area (Å²) in [6.07, 6.45) is 1.81. The van der Waals surface area contributed by atoms with E-state index in [1.807, 2.05) is 30.5 Å². The van der Waals surface area contributed by atoms with Crippen LogP contribution in [0.15, 0.2) is 53.5 Å². The van der Waals surface area contributed by atoms with E-state index in [9.17, 15) is 4.79 Å². The SMILES string of the molecule is CC(C)c1ccccc1-n1ccccc1=O. The molecule has 2 rings (SSSR count). The Labute approximate surface area is 95.2 Å². The molecular formula is C14H15NO. The molecule has 82 valence electrons. The maximum Gasteiger partial charge on any atom is 0.255 e.